The van der Waals surface area contributed by atoms with Crippen molar-refractivity contribution in [2.24, 2.45) is 29.4 Å². The zero-order valence-corrected chi connectivity index (χ0v) is 12.4. The molecule has 1 aliphatic heterocycles. The second-order valence-electron chi connectivity index (χ2n) is 6.81. The van der Waals surface area contributed by atoms with E-state index in [0.29, 0.717) is 31.3 Å². The fraction of sp³-hybridized carbons (Fsp3) is 0.933. The Labute approximate surface area is 116 Å². The molecule has 0 aromatic heterocycles. The van der Waals surface area contributed by atoms with Crippen molar-refractivity contribution in [1.29, 1.82) is 0 Å². The summed E-state index contributed by atoms with van der Waals surface area (Å²) in [6.45, 7) is 7.75. The number of amides is 1. The molecule has 6 atom stereocenters. The Morgan fingerprint density at radius 2 is 1.84 bits per heavy atom. The minimum absolute atomic E-state index is 0.0774. The maximum absolute atomic E-state index is 12.7. The first-order chi connectivity index (χ1) is 8.90. The van der Waals surface area contributed by atoms with Crippen molar-refractivity contribution >= 4 is 5.91 Å². The smallest absolute Gasteiger partial charge is 0.226 e. The van der Waals surface area contributed by atoms with E-state index in [2.05, 4.69) is 13.8 Å². The van der Waals surface area contributed by atoms with Gasteiger partial charge in [0.2, 0.25) is 5.91 Å². The fourth-order valence-corrected chi connectivity index (χ4v) is 3.60. The highest BCUT2D eigenvalue weighted by Crippen LogP contribution is 2.34. The van der Waals surface area contributed by atoms with Gasteiger partial charge >= 0.3 is 0 Å². The van der Waals surface area contributed by atoms with E-state index in [4.69, 9.17) is 5.73 Å². The first kappa shape index (κ1) is 14.8. The van der Waals surface area contributed by atoms with Gasteiger partial charge in [-0.1, -0.05) is 20.8 Å². The van der Waals surface area contributed by atoms with E-state index >= 15 is 0 Å². The van der Waals surface area contributed by atoms with Crippen LogP contribution < -0.4 is 5.73 Å². The van der Waals surface area contributed by atoms with E-state index in [0.717, 1.165) is 12.8 Å². The van der Waals surface area contributed by atoms with Crippen LogP contribution in [-0.4, -0.2) is 41.1 Å². The van der Waals surface area contributed by atoms with Crippen LogP contribution in [0.2, 0.25) is 0 Å². The summed E-state index contributed by atoms with van der Waals surface area (Å²) in [4.78, 5) is 14.6. The Morgan fingerprint density at radius 3 is 2.47 bits per heavy atom. The lowest BCUT2D eigenvalue weighted by Gasteiger charge is -2.41. The monoisotopic (exact) mass is 268 g/mol. The third-order valence-corrected chi connectivity index (χ3v) is 5.18. The SMILES string of the molecule is CC1CC(C)C(C(=O)N2CCC(O)C(C)C2)CC1N. The number of hydrogen-bond donors (Lipinski definition) is 2. The molecule has 4 heteroatoms. The van der Waals surface area contributed by atoms with Crippen LogP contribution in [0, 0.1) is 23.7 Å². The minimum atomic E-state index is -0.255. The highest BCUT2D eigenvalue weighted by atomic mass is 16.3. The number of aliphatic hydroxyl groups is 1. The topological polar surface area (TPSA) is 66.6 Å². The Hall–Kier alpha value is -0.610. The van der Waals surface area contributed by atoms with E-state index in [1.165, 1.54) is 0 Å². The first-order valence-corrected chi connectivity index (χ1v) is 7.62. The molecule has 1 saturated carbocycles. The highest BCUT2D eigenvalue weighted by Gasteiger charge is 2.38. The van der Waals surface area contributed by atoms with E-state index in [9.17, 15) is 9.90 Å². The molecule has 0 aromatic rings. The summed E-state index contributed by atoms with van der Waals surface area (Å²) < 4.78 is 0. The van der Waals surface area contributed by atoms with Gasteiger partial charge in [-0.25, -0.2) is 0 Å². The van der Waals surface area contributed by atoms with E-state index in [1.54, 1.807) is 0 Å². The number of nitrogens with zero attached hydrogens (tertiary/aromatic N) is 1. The average Bonchev–Trinajstić information content (AvgIpc) is 2.36. The summed E-state index contributed by atoms with van der Waals surface area (Å²) in [6.07, 6.45) is 2.31. The Morgan fingerprint density at radius 1 is 1.16 bits per heavy atom. The molecule has 0 aromatic carbocycles. The van der Waals surface area contributed by atoms with Crippen molar-refractivity contribution < 1.29 is 9.90 Å². The molecule has 110 valence electrons. The zero-order valence-electron chi connectivity index (χ0n) is 12.4. The van der Waals surface area contributed by atoms with Crippen LogP contribution in [0.1, 0.15) is 40.0 Å². The van der Waals surface area contributed by atoms with E-state index < -0.39 is 0 Å². The third-order valence-electron chi connectivity index (χ3n) is 5.18. The quantitative estimate of drug-likeness (QED) is 0.751. The zero-order chi connectivity index (χ0) is 14.2. The number of aliphatic hydroxyl groups excluding tert-OH is 1. The van der Waals surface area contributed by atoms with Crippen LogP contribution in [-0.2, 0) is 4.79 Å². The summed E-state index contributed by atoms with van der Waals surface area (Å²) in [6, 6.07) is 0.151. The van der Waals surface area contributed by atoms with Crippen molar-refractivity contribution in [2.75, 3.05) is 13.1 Å². The van der Waals surface area contributed by atoms with Gasteiger partial charge in [0.15, 0.2) is 0 Å². The molecular formula is C15H28N2O2. The molecule has 0 radical (unpaired) electrons. The summed E-state index contributed by atoms with van der Waals surface area (Å²) in [5.41, 5.74) is 6.14. The normalized spacial score (nSPS) is 44.2. The van der Waals surface area contributed by atoms with Crippen LogP contribution >= 0.6 is 0 Å². The Balaban J connectivity index is 1.99. The second-order valence-corrected chi connectivity index (χ2v) is 6.81. The van der Waals surface area contributed by atoms with Crippen molar-refractivity contribution in [3.8, 4) is 0 Å². The molecule has 1 amide bonds. The largest absolute Gasteiger partial charge is 0.393 e. The van der Waals surface area contributed by atoms with Gasteiger partial charge in [-0.05, 0) is 37.0 Å². The molecule has 0 spiro atoms. The molecule has 3 N–H and O–H groups in total. The lowest BCUT2D eigenvalue weighted by Crippen LogP contribution is -2.51. The number of nitrogens with two attached hydrogens (primary N) is 1. The number of carbonyl (C=O) groups excluding carboxylic acids is 1. The lowest BCUT2D eigenvalue weighted by molar-refractivity contribution is -0.142. The number of hydrogen-bond acceptors (Lipinski definition) is 3. The molecule has 0 bridgehead atoms. The molecule has 1 saturated heterocycles. The number of carbonyl (C=O) groups is 1. The van der Waals surface area contributed by atoms with Crippen LogP contribution in [0.4, 0.5) is 0 Å². The lowest BCUT2D eigenvalue weighted by atomic mass is 9.72. The standard InChI is InChI=1S/C15H28N2O2/c1-9-6-10(2)13(16)7-12(9)15(19)17-5-4-14(18)11(3)8-17/h9-14,18H,4-8,16H2,1-3H3. The van der Waals surface area contributed by atoms with Crippen molar-refractivity contribution in [2.45, 2.75) is 52.2 Å². The predicted molar refractivity (Wildman–Crippen MR) is 75.4 cm³/mol. The molecule has 1 aliphatic carbocycles. The number of rotatable bonds is 1. The molecule has 2 rings (SSSR count). The summed E-state index contributed by atoms with van der Waals surface area (Å²) in [5.74, 6) is 1.46. The van der Waals surface area contributed by atoms with Crippen molar-refractivity contribution in [3.05, 3.63) is 0 Å². The van der Waals surface area contributed by atoms with Gasteiger partial charge in [0.25, 0.3) is 0 Å². The van der Waals surface area contributed by atoms with Gasteiger partial charge in [0, 0.05) is 25.0 Å². The van der Waals surface area contributed by atoms with Gasteiger partial charge < -0.3 is 15.7 Å². The molecular weight excluding hydrogens is 240 g/mol. The molecule has 4 nitrogen and oxygen atoms in total. The average molecular weight is 268 g/mol. The Bertz CT molecular complexity index is 334. The third kappa shape index (κ3) is 3.11. The van der Waals surface area contributed by atoms with Gasteiger partial charge in [0.1, 0.15) is 0 Å². The van der Waals surface area contributed by atoms with E-state index in [-0.39, 0.29) is 29.9 Å². The van der Waals surface area contributed by atoms with Gasteiger partial charge in [-0.15, -0.1) is 0 Å². The highest BCUT2D eigenvalue weighted by molar-refractivity contribution is 5.79. The van der Waals surface area contributed by atoms with Gasteiger partial charge in [-0.3, -0.25) is 4.79 Å². The van der Waals surface area contributed by atoms with Crippen LogP contribution in [0.25, 0.3) is 0 Å². The number of piperidine rings is 1. The summed E-state index contributed by atoms with van der Waals surface area (Å²) in [5, 5.41) is 9.76. The fourth-order valence-electron chi connectivity index (χ4n) is 3.60. The first-order valence-electron chi connectivity index (χ1n) is 7.62. The molecule has 19 heavy (non-hydrogen) atoms. The molecule has 2 aliphatic rings. The summed E-state index contributed by atoms with van der Waals surface area (Å²) in [7, 11) is 0. The van der Waals surface area contributed by atoms with Crippen molar-refractivity contribution in [3.63, 3.8) is 0 Å². The second kappa shape index (κ2) is 5.80. The maximum Gasteiger partial charge on any atom is 0.226 e. The van der Waals surface area contributed by atoms with Crippen molar-refractivity contribution in [1.82, 2.24) is 4.90 Å². The maximum atomic E-state index is 12.7. The molecule has 6 unspecified atom stereocenters. The summed E-state index contributed by atoms with van der Waals surface area (Å²) >= 11 is 0. The molecule has 2 fully saturated rings. The molecule has 1 heterocycles. The predicted octanol–water partition coefficient (Wildman–Crippen LogP) is 1.23. The van der Waals surface area contributed by atoms with Crippen LogP contribution in [0.5, 0.6) is 0 Å². The van der Waals surface area contributed by atoms with Gasteiger partial charge in [-0.2, -0.15) is 0 Å². The van der Waals surface area contributed by atoms with Crippen LogP contribution in [0.15, 0.2) is 0 Å². The minimum Gasteiger partial charge on any atom is -0.393 e. The number of likely N-dealkylation sites (tertiary alicyclic amines) is 1. The van der Waals surface area contributed by atoms with Gasteiger partial charge in [0.05, 0.1) is 6.10 Å². The van der Waals surface area contributed by atoms with E-state index in [1.807, 2.05) is 11.8 Å². The Kier molecular flexibility index (Phi) is 4.51. The van der Waals surface area contributed by atoms with Crippen LogP contribution in [0.3, 0.4) is 0 Å².